The smallest absolute Gasteiger partial charge is 0.413 e. The molecule has 1 fully saturated rings. The lowest BCUT2D eigenvalue weighted by Crippen LogP contribution is -2.58. The number of nitrogens with zero attached hydrogens (tertiary/aromatic N) is 1. The maximum absolute atomic E-state index is 11.7. The number of ether oxygens (including phenoxy) is 1. The van der Waals surface area contributed by atoms with Gasteiger partial charge in [-0.25, -0.2) is 4.79 Å². The zero-order valence-corrected chi connectivity index (χ0v) is 11.4. The van der Waals surface area contributed by atoms with Crippen LogP contribution in [0.3, 0.4) is 0 Å². The molecule has 104 valence electrons. The van der Waals surface area contributed by atoms with Crippen LogP contribution in [0.1, 0.15) is 26.7 Å². The summed E-state index contributed by atoms with van der Waals surface area (Å²) in [6.07, 6.45) is 1.32. The average molecular weight is 257 g/mol. The largest absolute Gasteiger partial charge is 0.453 e. The van der Waals surface area contributed by atoms with Gasteiger partial charge in [-0.3, -0.25) is 15.0 Å². The van der Waals surface area contributed by atoms with Gasteiger partial charge in [-0.05, 0) is 12.8 Å². The minimum absolute atomic E-state index is 0.242. The van der Waals surface area contributed by atoms with Crippen molar-refractivity contribution in [3.05, 3.63) is 0 Å². The van der Waals surface area contributed by atoms with Gasteiger partial charge in [-0.15, -0.1) is 0 Å². The minimum Gasteiger partial charge on any atom is -0.453 e. The second-order valence-corrected chi connectivity index (χ2v) is 4.54. The van der Waals surface area contributed by atoms with Crippen LogP contribution >= 0.6 is 0 Å². The summed E-state index contributed by atoms with van der Waals surface area (Å²) in [5, 5.41) is 5.65. The second kappa shape index (κ2) is 7.33. The summed E-state index contributed by atoms with van der Waals surface area (Å²) < 4.78 is 4.40. The first kappa shape index (κ1) is 14.9. The molecular formula is C12H23N3O3. The molecule has 2 atom stereocenters. The molecule has 0 aromatic rings. The Balaban J connectivity index is 2.50. The zero-order chi connectivity index (χ0) is 13.5. The molecule has 6 nitrogen and oxygen atoms in total. The lowest BCUT2D eigenvalue weighted by atomic mass is 10.1. The molecule has 0 aromatic carbocycles. The van der Waals surface area contributed by atoms with Crippen molar-refractivity contribution in [2.75, 3.05) is 26.7 Å². The molecule has 2 N–H and O–H groups in total. The van der Waals surface area contributed by atoms with E-state index in [0.29, 0.717) is 12.1 Å². The topological polar surface area (TPSA) is 70.7 Å². The van der Waals surface area contributed by atoms with E-state index in [1.165, 1.54) is 7.11 Å². The number of hydrogen-bond acceptors (Lipinski definition) is 5. The fraction of sp³-hybridized carbons (Fsp3) is 0.833. The van der Waals surface area contributed by atoms with E-state index in [1.807, 2.05) is 0 Å². The molecule has 1 heterocycles. The predicted molar refractivity (Wildman–Crippen MR) is 68.3 cm³/mol. The summed E-state index contributed by atoms with van der Waals surface area (Å²) in [4.78, 5) is 24.7. The van der Waals surface area contributed by atoms with Crippen LogP contribution in [0.25, 0.3) is 0 Å². The molecule has 0 saturated carbocycles. The lowest BCUT2D eigenvalue weighted by Gasteiger charge is -2.39. The Morgan fingerprint density at radius 1 is 1.39 bits per heavy atom. The third kappa shape index (κ3) is 4.27. The lowest BCUT2D eigenvalue weighted by molar-refractivity contribution is -0.122. The normalized spacial score (nSPS) is 24.6. The van der Waals surface area contributed by atoms with Gasteiger partial charge in [0.2, 0.25) is 5.91 Å². The zero-order valence-electron chi connectivity index (χ0n) is 11.4. The maximum atomic E-state index is 11.7. The van der Waals surface area contributed by atoms with E-state index in [0.717, 1.165) is 25.9 Å². The van der Waals surface area contributed by atoms with E-state index < -0.39 is 6.09 Å². The highest BCUT2D eigenvalue weighted by atomic mass is 16.5. The number of amides is 2. The van der Waals surface area contributed by atoms with Gasteiger partial charge in [-0.1, -0.05) is 13.8 Å². The predicted octanol–water partition coefficient (Wildman–Crippen LogP) is 0.331. The standard InChI is InChI=1S/C12H23N3O3/c1-4-9-7-15(10(5-2)6-13-9)8-11(16)14-12(17)18-3/h9-10,13H,4-8H2,1-3H3,(H,14,16,17). The maximum Gasteiger partial charge on any atom is 0.413 e. The molecule has 1 rings (SSSR count). The summed E-state index contributed by atoms with van der Waals surface area (Å²) >= 11 is 0. The van der Waals surface area contributed by atoms with Crippen LogP contribution in [0.4, 0.5) is 4.79 Å². The van der Waals surface area contributed by atoms with Crippen molar-refractivity contribution in [1.29, 1.82) is 0 Å². The van der Waals surface area contributed by atoms with Gasteiger partial charge in [-0.2, -0.15) is 0 Å². The number of rotatable bonds is 4. The van der Waals surface area contributed by atoms with Gasteiger partial charge >= 0.3 is 6.09 Å². The molecule has 2 unspecified atom stereocenters. The Morgan fingerprint density at radius 3 is 2.67 bits per heavy atom. The number of hydrogen-bond donors (Lipinski definition) is 2. The van der Waals surface area contributed by atoms with Crippen LogP contribution < -0.4 is 10.6 Å². The fourth-order valence-corrected chi connectivity index (χ4v) is 2.19. The monoisotopic (exact) mass is 257 g/mol. The first-order chi connectivity index (χ1) is 8.60. The number of methoxy groups -OCH3 is 1. The fourth-order valence-electron chi connectivity index (χ4n) is 2.19. The van der Waals surface area contributed by atoms with E-state index in [2.05, 4.69) is 34.1 Å². The highest BCUT2D eigenvalue weighted by Crippen LogP contribution is 2.11. The van der Waals surface area contributed by atoms with Crippen LogP contribution in [0.15, 0.2) is 0 Å². The molecule has 0 aliphatic carbocycles. The summed E-state index contributed by atoms with van der Waals surface area (Å²) in [5.41, 5.74) is 0. The molecule has 0 radical (unpaired) electrons. The Morgan fingerprint density at radius 2 is 2.11 bits per heavy atom. The van der Waals surface area contributed by atoms with E-state index in [-0.39, 0.29) is 12.5 Å². The Labute approximate surface area is 108 Å². The van der Waals surface area contributed by atoms with Gasteiger partial charge in [0.15, 0.2) is 0 Å². The van der Waals surface area contributed by atoms with Crippen LogP contribution in [0.5, 0.6) is 0 Å². The Hall–Kier alpha value is -1.14. The SMILES string of the molecule is CCC1CN(CC(=O)NC(=O)OC)C(CC)CN1. The number of piperazine rings is 1. The van der Waals surface area contributed by atoms with Gasteiger partial charge in [0, 0.05) is 25.2 Å². The Bertz CT molecular complexity index is 296. The van der Waals surface area contributed by atoms with Gasteiger partial charge in [0.05, 0.1) is 13.7 Å². The van der Waals surface area contributed by atoms with Crippen molar-refractivity contribution in [2.45, 2.75) is 38.8 Å². The third-order valence-corrected chi connectivity index (χ3v) is 3.35. The number of carbonyl (C=O) groups excluding carboxylic acids is 2. The highest BCUT2D eigenvalue weighted by molar-refractivity contribution is 5.92. The minimum atomic E-state index is -0.699. The molecule has 1 aliphatic heterocycles. The van der Waals surface area contributed by atoms with Crippen molar-refractivity contribution >= 4 is 12.0 Å². The highest BCUT2D eigenvalue weighted by Gasteiger charge is 2.27. The van der Waals surface area contributed by atoms with E-state index >= 15 is 0 Å². The average Bonchev–Trinajstić information content (AvgIpc) is 2.38. The van der Waals surface area contributed by atoms with Crippen LogP contribution in [-0.4, -0.2) is 55.7 Å². The van der Waals surface area contributed by atoms with Crippen molar-refractivity contribution in [3.63, 3.8) is 0 Å². The van der Waals surface area contributed by atoms with Gasteiger partial charge < -0.3 is 10.1 Å². The van der Waals surface area contributed by atoms with E-state index in [4.69, 9.17) is 0 Å². The van der Waals surface area contributed by atoms with E-state index in [1.54, 1.807) is 0 Å². The molecule has 0 spiro atoms. The molecule has 1 aliphatic rings. The molecular weight excluding hydrogens is 234 g/mol. The number of imide groups is 1. The number of alkyl carbamates (subject to hydrolysis) is 1. The van der Waals surface area contributed by atoms with Crippen molar-refractivity contribution in [1.82, 2.24) is 15.5 Å². The van der Waals surface area contributed by atoms with Crippen LogP contribution in [-0.2, 0) is 9.53 Å². The third-order valence-electron chi connectivity index (χ3n) is 3.35. The summed E-state index contributed by atoms with van der Waals surface area (Å²) in [7, 11) is 1.25. The van der Waals surface area contributed by atoms with Gasteiger partial charge in [0.1, 0.15) is 0 Å². The number of carbonyl (C=O) groups is 2. The summed E-state index contributed by atoms with van der Waals surface area (Å²) in [6.45, 7) is 6.19. The quantitative estimate of drug-likeness (QED) is 0.759. The Kier molecular flexibility index (Phi) is 6.07. The molecule has 2 amide bonds. The molecule has 0 bridgehead atoms. The van der Waals surface area contributed by atoms with Crippen molar-refractivity contribution in [3.8, 4) is 0 Å². The molecule has 0 aromatic heterocycles. The number of nitrogens with one attached hydrogen (secondary N) is 2. The van der Waals surface area contributed by atoms with E-state index in [9.17, 15) is 9.59 Å². The van der Waals surface area contributed by atoms with Gasteiger partial charge in [0.25, 0.3) is 0 Å². The van der Waals surface area contributed by atoms with Crippen LogP contribution in [0, 0.1) is 0 Å². The first-order valence-electron chi connectivity index (χ1n) is 6.45. The molecule has 1 saturated heterocycles. The summed E-state index contributed by atoms with van der Waals surface area (Å²) in [6, 6.07) is 0.759. The molecule has 6 heteroatoms. The van der Waals surface area contributed by atoms with Crippen LogP contribution in [0.2, 0.25) is 0 Å². The summed E-state index contributed by atoms with van der Waals surface area (Å²) in [5.74, 6) is -0.308. The first-order valence-corrected chi connectivity index (χ1v) is 6.45. The molecule has 18 heavy (non-hydrogen) atoms. The second-order valence-electron chi connectivity index (χ2n) is 4.54. The van der Waals surface area contributed by atoms with Crippen molar-refractivity contribution < 1.29 is 14.3 Å². The van der Waals surface area contributed by atoms with Crippen molar-refractivity contribution in [2.24, 2.45) is 0 Å².